The van der Waals surface area contributed by atoms with Crippen LogP contribution >= 0.6 is 23.2 Å². The molecule has 0 aliphatic heterocycles. The van der Waals surface area contributed by atoms with Crippen molar-refractivity contribution < 1.29 is 19.1 Å². The number of nitrogens with one attached hydrogen (secondary N) is 1. The van der Waals surface area contributed by atoms with Crippen molar-refractivity contribution in [2.45, 2.75) is 19.4 Å². The van der Waals surface area contributed by atoms with Crippen molar-refractivity contribution in [2.24, 2.45) is 0 Å². The number of benzene rings is 1. The highest BCUT2D eigenvalue weighted by molar-refractivity contribution is 6.34. The van der Waals surface area contributed by atoms with Gasteiger partial charge in [0.2, 0.25) is 0 Å². The summed E-state index contributed by atoms with van der Waals surface area (Å²) >= 11 is 11.7. The van der Waals surface area contributed by atoms with Gasteiger partial charge < -0.3 is 14.8 Å². The average molecular weight is 320 g/mol. The van der Waals surface area contributed by atoms with Crippen molar-refractivity contribution in [1.82, 2.24) is 5.32 Å². The van der Waals surface area contributed by atoms with Crippen LogP contribution in [0.1, 0.15) is 13.3 Å². The normalized spacial score (nSPS) is 11.6. The van der Waals surface area contributed by atoms with Gasteiger partial charge in [-0.2, -0.15) is 0 Å². The molecule has 0 saturated heterocycles. The summed E-state index contributed by atoms with van der Waals surface area (Å²) in [6.07, 6.45) is 0.0974. The van der Waals surface area contributed by atoms with Crippen LogP contribution < -0.4 is 10.1 Å². The van der Waals surface area contributed by atoms with Gasteiger partial charge in [-0.3, -0.25) is 9.59 Å². The fraction of sp³-hybridized carbons (Fsp3) is 0.385. The van der Waals surface area contributed by atoms with Crippen molar-refractivity contribution in [2.75, 3.05) is 13.7 Å². The summed E-state index contributed by atoms with van der Waals surface area (Å²) in [5, 5.41) is 3.44. The zero-order valence-electron chi connectivity index (χ0n) is 11.1. The molecule has 20 heavy (non-hydrogen) atoms. The predicted octanol–water partition coefficient (Wildman–Crippen LogP) is 2.44. The zero-order valence-corrected chi connectivity index (χ0v) is 12.6. The summed E-state index contributed by atoms with van der Waals surface area (Å²) in [5.74, 6) is -0.427. The van der Waals surface area contributed by atoms with E-state index in [1.54, 1.807) is 19.1 Å². The maximum atomic E-state index is 11.6. The molecule has 0 bridgehead atoms. The van der Waals surface area contributed by atoms with E-state index >= 15 is 0 Å². The highest BCUT2D eigenvalue weighted by Gasteiger charge is 2.13. The molecule has 110 valence electrons. The molecular weight excluding hydrogens is 305 g/mol. The smallest absolute Gasteiger partial charge is 0.307 e. The molecule has 1 amide bonds. The summed E-state index contributed by atoms with van der Waals surface area (Å²) < 4.78 is 9.77. The molecule has 7 heteroatoms. The number of halogens is 2. The van der Waals surface area contributed by atoms with Crippen LogP contribution in [-0.4, -0.2) is 31.6 Å². The minimum atomic E-state index is -0.392. The molecule has 1 N–H and O–H groups in total. The van der Waals surface area contributed by atoms with E-state index < -0.39 is 5.97 Å². The molecule has 0 spiro atoms. The van der Waals surface area contributed by atoms with E-state index in [2.05, 4.69) is 10.1 Å². The molecule has 0 fully saturated rings. The van der Waals surface area contributed by atoms with Crippen LogP contribution in [-0.2, 0) is 14.3 Å². The Bertz CT molecular complexity index is 493. The van der Waals surface area contributed by atoms with E-state index in [-0.39, 0.29) is 25.0 Å². The van der Waals surface area contributed by atoms with Gasteiger partial charge >= 0.3 is 5.97 Å². The number of carbonyl (C=O) groups excluding carboxylic acids is 2. The molecule has 0 aliphatic rings. The Hall–Kier alpha value is -1.46. The topological polar surface area (TPSA) is 64.6 Å². The molecule has 0 aliphatic carbocycles. The molecule has 0 heterocycles. The van der Waals surface area contributed by atoms with Gasteiger partial charge in [-0.25, -0.2) is 0 Å². The van der Waals surface area contributed by atoms with Crippen molar-refractivity contribution >= 4 is 35.1 Å². The van der Waals surface area contributed by atoms with Crippen molar-refractivity contribution in [3.63, 3.8) is 0 Å². The first-order valence-electron chi connectivity index (χ1n) is 5.86. The lowest BCUT2D eigenvalue weighted by atomic mass is 10.2. The van der Waals surface area contributed by atoms with Gasteiger partial charge in [-0.15, -0.1) is 0 Å². The number of esters is 1. The maximum Gasteiger partial charge on any atom is 0.307 e. The summed E-state index contributed by atoms with van der Waals surface area (Å²) in [4.78, 5) is 22.7. The molecule has 0 aromatic heterocycles. The van der Waals surface area contributed by atoms with Gasteiger partial charge in [0.25, 0.3) is 5.91 Å². The number of hydrogen-bond acceptors (Lipinski definition) is 4. The van der Waals surface area contributed by atoms with E-state index in [0.717, 1.165) is 0 Å². The number of carbonyl (C=O) groups is 2. The lowest BCUT2D eigenvalue weighted by Crippen LogP contribution is -2.37. The van der Waals surface area contributed by atoms with Gasteiger partial charge in [-0.1, -0.05) is 23.2 Å². The van der Waals surface area contributed by atoms with Crippen molar-refractivity contribution in [1.29, 1.82) is 0 Å². The van der Waals surface area contributed by atoms with E-state index in [1.165, 1.54) is 13.2 Å². The highest BCUT2D eigenvalue weighted by Crippen LogP contribution is 2.27. The van der Waals surface area contributed by atoms with Crippen LogP contribution in [0.5, 0.6) is 5.75 Å². The highest BCUT2D eigenvalue weighted by atomic mass is 35.5. The van der Waals surface area contributed by atoms with E-state index in [9.17, 15) is 9.59 Å². The molecule has 0 radical (unpaired) electrons. The van der Waals surface area contributed by atoms with Crippen LogP contribution in [0.4, 0.5) is 0 Å². The minimum Gasteiger partial charge on any atom is -0.482 e. The number of hydrogen-bond donors (Lipinski definition) is 1. The Morgan fingerprint density at radius 2 is 2.05 bits per heavy atom. The maximum absolute atomic E-state index is 11.6. The first-order valence-corrected chi connectivity index (χ1v) is 6.62. The van der Waals surface area contributed by atoms with Crippen molar-refractivity contribution in [3.05, 3.63) is 28.2 Å². The quantitative estimate of drug-likeness (QED) is 0.818. The minimum absolute atomic E-state index is 0.0974. The third-order valence-electron chi connectivity index (χ3n) is 2.36. The predicted molar refractivity (Wildman–Crippen MR) is 76.2 cm³/mol. The average Bonchev–Trinajstić information content (AvgIpc) is 2.39. The Morgan fingerprint density at radius 1 is 1.35 bits per heavy atom. The van der Waals surface area contributed by atoms with Crippen LogP contribution in [0.2, 0.25) is 10.0 Å². The standard InChI is InChI=1S/C13H15Cl2NO4/c1-8(5-13(18)19-2)16-12(17)7-20-11-6-9(14)3-4-10(11)15/h3-4,6,8H,5,7H2,1-2H3,(H,16,17). The monoisotopic (exact) mass is 319 g/mol. The fourth-order valence-electron chi connectivity index (χ4n) is 1.43. The molecule has 1 rings (SSSR count). The molecule has 0 saturated carbocycles. The third kappa shape index (κ3) is 5.67. The van der Waals surface area contributed by atoms with Gasteiger partial charge in [0.1, 0.15) is 5.75 Å². The van der Waals surface area contributed by atoms with Crippen LogP contribution in [0.25, 0.3) is 0 Å². The lowest BCUT2D eigenvalue weighted by Gasteiger charge is -2.13. The molecule has 1 unspecified atom stereocenters. The fourth-order valence-corrected chi connectivity index (χ4v) is 1.77. The molecule has 1 aromatic rings. The third-order valence-corrected chi connectivity index (χ3v) is 2.91. The van der Waals surface area contributed by atoms with Crippen LogP contribution in [0, 0.1) is 0 Å². The molecule has 1 aromatic carbocycles. The second kappa shape index (κ2) is 7.97. The SMILES string of the molecule is COC(=O)CC(C)NC(=O)COc1cc(Cl)ccc1Cl. The lowest BCUT2D eigenvalue weighted by molar-refractivity contribution is -0.141. The van der Waals surface area contributed by atoms with E-state index in [1.807, 2.05) is 0 Å². The largest absolute Gasteiger partial charge is 0.482 e. The molecule has 5 nitrogen and oxygen atoms in total. The first-order chi connectivity index (χ1) is 9.42. The number of ether oxygens (including phenoxy) is 2. The summed E-state index contributed by atoms with van der Waals surface area (Å²) in [5.41, 5.74) is 0. The number of methoxy groups -OCH3 is 1. The Kier molecular flexibility index (Phi) is 6.61. The van der Waals surface area contributed by atoms with E-state index in [0.29, 0.717) is 15.8 Å². The number of amides is 1. The Balaban J connectivity index is 2.43. The Morgan fingerprint density at radius 3 is 2.70 bits per heavy atom. The second-order valence-electron chi connectivity index (χ2n) is 4.11. The molecular formula is C13H15Cl2NO4. The van der Waals surface area contributed by atoms with Gasteiger partial charge in [-0.05, 0) is 19.1 Å². The van der Waals surface area contributed by atoms with E-state index in [4.69, 9.17) is 27.9 Å². The Labute approximate surface area is 127 Å². The number of rotatable bonds is 6. The second-order valence-corrected chi connectivity index (χ2v) is 4.96. The van der Waals surface area contributed by atoms with Crippen LogP contribution in [0.3, 0.4) is 0 Å². The first kappa shape index (κ1) is 16.6. The van der Waals surface area contributed by atoms with Gasteiger partial charge in [0, 0.05) is 17.1 Å². The van der Waals surface area contributed by atoms with Gasteiger partial charge in [0.05, 0.1) is 18.6 Å². The van der Waals surface area contributed by atoms with Crippen LogP contribution in [0.15, 0.2) is 18.2 Å². The summed E-state index contributed by atoms with van der Waals surface area (Å²) in [6, 6.07) is 4.38. The molecule has 1 atom stereocenters. The zero-order chi connectivity index (χ0) is 15.1. The van der Waals surface area contributed by atoms with Crippen molar-refractivity contribution in [3.8, 4) is 5.75 Å². The van der Waals surface area contributed by atoms with Gasteiger partial charge in [0.15, 0.2) is 6.61 Å². The summed E-state index contributed by atoms with van der Waals surface area (Å²) in [6.45, 7) is 1.48. The summed E-state index contributed by atoms with van der Waals surface area (Å²) in [7, 11) is 1.29.